The molecule has 1 fully saturated rings. The van der Waals surface area contributed by atoms with E-state index in [4.69, 9.17) is 0 Å². The Balaban J connectivity index is 1.70. The van der Waals surface area contributed by atoms with E-state index in [0.29, 0.717) is 25.2 Å². The first-order valence-corrected chi connectivity index (χ1v) is 12.2. The summed E-state index contributed by atoms with van der Waals surface area (Å²) in [6.45, 7) is 5.09. The molecule has 1 saturated carbocycles. The molecule has 1 aromatic carbocycles. The number of carbonyl (C=O) groups is 1. The minimum absolute atomic E-state index is 0.0295. The summed E-state index contributed by atoms with van der Waals surface area (Å²) in [4.78, 5) is 12.9. The number of sulfonamides is 1. The molecule has 28 heavy (non-hydrogen) atoms. The van der Waals surface area contributed by atoms with Crippen LogP contribution in [-0.2, 0) is 15.4 Å². The van der Waals surface area contributed by atoms with Crippen molar-refractivity contribution in [1.82, 2.24) is 9.62 Å². The molecule has 1 N–H and O–H groups in total. The molecule has 0 atom stereocenters. The highest BCUT2D eigenvalue weighted by molar-refractivity contribution is 7.89. The lowest BCUT2D eigenvalue weighted by Gasteiger charge is -2.28. The van der Waals surface area contributed by atoms with Gasteiger partial charge in [-0.3, -0.25) is 4.79 Å². The highest BCUT2D eigenvalue weighted by atomic mass is 32.2. The molecule has 152 valence electrons. The number of thiophene rings is 1. The van der Waals surface area contributed by atoms with Crippen LogP contribution in [0, 0.1) is 0 Å². The van der Waals surface area contributed by atoms with Crippen LogP contribution in [0.3, 0.4) is 0 Å². The second-order valence-electron chi connectivity index (χ2n) is 7.30. The van der Waals surface area contributed by atoms with E-state index in [9.17, 15) is 13.2 Å². The van der Waals surface area contributed by atoms with Crippen molar-refractivity contribution in [3.05, 3.63) is 52.2 Å². The average Bonchev–Trinajstić information content (AvgIpc) is 3.39. The molecule has 1 aliphatic carbocycles. The normalized spacial score (nSPS) is 16.4. The van der Waals surface area contributed by atoms with Gasteiger partial charge >= 0.3 is 0 Å². The minimum Gasteiger partial charge on any atom is -0.351 e. The first-order valence-electron chi connectivity index (χ1n) is 9.84. The van der Waals surface area contributed by atoms with Gasteiger partial charge in [0.25, 0.3) is 5.91 Å². The highest BCUT2D eigenvalue weighted by Crippen LogP contribution is 2.41. The van der Waals surface area contributed by atoms with Crippen LogP contribution in [0.25, 0.3) is 0 Å². The summed E-state index contributed by atoms with van der Waals surface area (Å²) in [7, 11) is -3.51. The zero-order valence-corrected chi connectivity index (χ0v) is 18.1. The van der Waals surface area contributed by atoms with Crippen LogP contribution < -0.4 is 5.32 Å². The number of benzene rings is 1. The lowest BCUT2D eigenvalue weighted by Crippen LogP contribution is -2.38. The Morgan fingerprint density at radius 3 is 2.29 bits per heavy atom. The molecule has 1 heterocycles. The zero-order chi connectivity index (χ0) is 20.2. The van der Waals surface area contributed by atoms with Gasteiger partial charge < -0.3 is 5.32 Å². The molecule has 2 aromatic rings. The molecule has 5 nitrogen and oxygen atoms in total. The van der Waals surface area contributed by atoms with Crippen molar-refractivity contribution in [2.75, 3.05) is 19.6 Å². The summed E-state index contributed by atoms with van der Waals surface area (Å²) < 4.78 is 26.6. The van der Waals surface area contributed by atoms with E-state index >= 15 is 0 Å². The Morgan fingerprint density at radius 1 is 1.11 bits per heavy atom. The molecular weight excluding hydrogens is 392 g/mol. The van der Waals surface area contributed by atoms with Crippen molar-refractivity contribution in [2.45, 2.75) is 49.8 Å². The molecule has 0 radical (unpaired) electrons. The standard InChI is InChI=1S/C21H28N2O3S2/c1-3-23(4-2)28(25,26)19-9-7-17(8-10-19)20(24)22-16-21(12-5-6-13-21)18-11-14-27-15-18/h7-11,14-15H,3-6,12-13,16H2,1-2H3,(H,22,24). The number of hydrogen-bond donors (Lipinski definition) is 1. The predicted octanol–water partition coefficient (Wildman–Crippen LogP) is 4.02. The number of hydrogen-bond acceptors (Lipinski definition) is 4. The molecule has 0 saturated heterocycles. The van der Waals surface area contributed by atoms with Crippen molar-refractivity contribution in [1.29, 1.82) is 0 Å². The molecule has 0 aliphatic heterocycles. The summed E-state index contributed by atoms with van der Waals surface area (Å²) in [5.74, 6) is -0.159. The third-order valence-electron chi connectivity index (χ3n) is 5.74. The fraction of sp³-hybridized carbons (Fsp3) is 0.476. The SMILES string of the molecule is CCN(CC)S(=O)(=O)c1ccc(C(=O)NCC2(c3ccsc3)CCCC2)cc1. The molecule has 0 unspecified atom stereocenters. The van der Waals surface area contributed by atoms with E-state index in [0.717, 1.165) is 12.8 Å². The number of amides is 1. The maximum absolute atomic E-state index is 12.7. The Bertz CT molecular complexity index is 880. The van der Waals surface area contributed by atoms with Gasteiger partial charge in [-0.2, -0.15) is 15.6 Å². The van der Waals surface area contributed by atoms with Gasteiger partial charge in [0.1, 0.15) is 0 Å². The van der Waals surface area contributed by atoms with Gasteiger partial charge in [0.15, 0.2) is 0 Å². The molecule has 1 amide bonds. The fourth-order valence-electron chi connectivity index (χ4n) is 4.03. The van der Waals surface area contributed by atoms with Gasteiger partial charge in [0.2, 0.25) is 10.0 Å². The Morgan fingerprint density at radius 2 is 1.75 bits per heavy atom. The molecule has 3 rings (SSSR count). The van der Waals surface area contributed by atoms with Gasteiger partial charge in [-0.25, -0.2) is 8.42 Å². The summed E-state index contributed by atoms with van der Waals surface area (Å²) in [6, 6.07) is 8.39. The van der Waals surface area contributed by atoms with Crippen LogP contribution in [-0.4, -0.2) is 38.3 Å². The predicted molar refractivity (Wildman–Crippen MR) is 113 cm³/mol. The van der Waals surface area contributed by atoms with Gasteiger partial charge in [-0.1, -0.05) is 26.7 Å². The summed E-state index contributed by atoms with van der Waals surface area (Å²) >= 11 is 1.69. The van der Waals surface area contributed by atoms with E-state index in [1.54, 1.807) is 23.5 Å². The van der Waals surface area contributed by atoms with Gasteiger partial charge in [-0.05, 0) is 59.5 Å². The molecule has 7 heteroatoms. The molecule has 0 spiro atoms. The average molecular weight is 421 g/mol. The number of rotatable bonds is 8. The molecule has 1 aliphatic rings. The third-order valence-corrected chi connectivity index (χ3v) is 8.49. The van der Waals surface area contributed by atoms with Crippen LogP contribution in [0.5, 0.6) is 0 Å². The van der Waals surface area contributed by atoms with Crippen LogP contribution in [0.2, 0.25) is 0 Å². The summed E-state index contributed by atoms with van der Waals surface area (Å²) in [5, 5.41) is 7.35. The van der Waals surface area contributed by atoms with Crippen molar-refractivity contribution < 1.29 is 13.2 Å². The maximum Gasteiger partial charge on any atom is 0.251 e. The van der Waals surface area contributed by atoms with E-state index < -0.39 is 10.0 Å². The smallest absolute Gasteiger partial charge is 0.251 e. The van der Waals surface area contributed by atoms with Crippen molar-refractivity contribution >= 4 is 27.3 Å². The highest BCUT2D eigenvalue weighted by Gasteiger charge is 2.36. The van der Waals surface area contributed by atoms with Gasteiger partial charge in [-0.15, -0.1) is 0 Å². The Labute approximate surface area is 171 Å². The second kappa shape index (κ2) is 8.76. The lowest BCUT2D eigenvalue weighted by molar-refractivity contribution is 0.0943. The van der Waals surface area contributed by atoms with Crippen LogP contribution in [0.15, 0.2) is 46.0 Å². The third kappa shape index (κ3) is 4.16. The first kappa shape index (κ1) is 21.0. The van der Waals surface area contributed by atoms with E-state index in [-0.39, 0.29) is 16.2 Å². The Hall–Kier alpha value is -1.70. The molecule has 1 aromatic heterocycles. The zero-order valence-electron chi connectivity index (χ0n) is 16.5. The van der Waals surface area contributed by atoms with Crippen LogP contribution in [0.4, 0.5) is 0 Å². The first-order chi connectivity index (χ1) is 13.4. The molecule has 0 bridgehead atoms. The summed E-state index contributed by atoms with van der Waals surface area (Å²) in [5.41, 5.74) is 1.83. The number of nitrogens with zero attached hydrogens (tertiary/aromatic N) is 1. The number of nitrogens with one attached hydrogen (secondary N) is 1. The van der Waals surface area contributed by atoms with Crippen molar-refractivity contribution in [2.24, 2.45) is 0 Å². The minimum atomic E-state index is -3.51. The van der Waals surface area contributed by atoms with E-state index in [2.05, 4.69) is 22.1 Å². The molecular formula is C21H28N2O3S2. The maximum atomic E-state index is 12.7. The van der Waals surface area contributed by atoms with Gasteiger partial charge in [0.05, 0.1) is 4.90 Å². The van der Waals surface area contributed by atoms with Crippen molar-refractivity contribution in [3.8, 4) is 0 Å². The van der Waals surface area contributed by atoms with Crippen molar-refractivity contribution in [3.63, 3.8) is 0 Å². The van der Waals surface area contributed by atoms with E-state index in [1.807, 2.05) is 13.8 Å². The second-order valence-corrected chi connectivity index (χ2v) is 10.0. The van der Waals surface area contributed by atoms with E-state index in [1.165, 1.54) is 34.8 Å². The topological polar surface area (TPSA) is 66.5 Å². The Kier molecular flexibility index (Phi) is 6.58. The van der Waals surface area contributed by atoms with Crippen LogP contribution in [0.1, 0.15) is 55.5 Å². The summed E-state index contributed by atoms with van der Waals surface area (Å²) in [6.07, 6.45) is 4.55. The number of carbonyl (C=O) groups excluding carboxylic acids is 1. The fourth-order valence-corrected chi connectivity index (χ4v) is 6.26. The largest absolute Gasteiger partial charge is 0.351 e. The monoisotopic (exact) mass is 420 g/mol. The van der Waals surface area contributed by atoms with Crippen LogP contribution >= 0.6 is 11.3 Å². The lowest BCUT2D eigenvalue weighted by atomic mass is 9.80. The quantitative estimate of drug-likeness (QED) is 0.701. The van der Waals surface area contributed by atoms with Gasteiger partial charge in [0, 0.05) is 30.6 Å².